The summed E-state index contributed by atoms with van der Waals surface area (Å²) in [6.45, 7) is 8.32. The second-order valence-electron chi connectivity index (χ2n) is 6.26. The largest absolute Gasteiger partial charge is 0.508 e. The van der Waals surface area contributed by atoms with Crippen molar-refractivity contribution in [2.45, 2.75) is 45.4 Å². The van der Waals surface area contributed by atoms with E-state index in [0.717, 1.165) is 19.3 Å². The molecule has 11 heteroatoms. The van der Waals surface area contributed by atoms with Crippen LogP contribution in [0.3, 0.4) is 0 Å². The van der Waals surface area contributed by atoms with Crippen molar-refractivity contribution in [2.75, 3.05) is 19.6 Å². The average molecular weight is 437 g/mol. The minimum atomic E-state index is -0.660. The first-order valence-corrected chi connectivity index (χ1v) is 9.57. The second-order valence-corrected chi connectivity index (χ2v) is 6.26. The zero-order valence-corrected chi connectivity index (χ0v) is 17.9. The lowest BCUT2D eigenvalue weighted by Crippen LogP contribution is -2.38. The highest BCUT2D eigenvalue weighted by Gasteiger charge is 2.33. The summed E-state index contributed by atoms with van der Waals surface area (Å²) < 4.78 is 16.0. The third-order valence-electron chi connectivity index (χ3n) is 3.82. The predicted molar refractivity (Wildman–Crippen MR) is 114 cm³/mol. The Bertz CT molecular complexity index is 583. The van der Waals surface area contributed by atoms with Crippen LogP contribution in [0.1, 0.15) is 33.1 Å². The van der Waals surface area contributed by atoms with E-state index in [9.17, 15) is 4.79 Å². The molecule has 2 atom stereocenters. The maximum Gasteiger partial charge on any atom is 0.508 e. The van der Waals surface area contributed by atoms with Crippen molar-refractivity contribution in [3.8, 4) is 0 Å². The molecule has 0 aliphatic carbocycles. The summed E-state index contributed by atoms with van der Waals surface area (Å²) in [4.78, 5) is 15.5. The third kappa shape index (κ3) is 9.75. The van der Waals surface area contributed by atoms with Gasteiger partial charge in [0.25, 0.3) is 0 Å². The topological polar surface area (TPSA) is 162 Å². The lowest BCUT2D eigenvalue weighted by molar-refractivity contribution is -0.0615. The van der Waals surface area contributed by atoms with E-state index in [1.54, 1.807) is 17.2 Å². The molecule has 2 heterocycles. The molecular weight excluding hydrogens is 404 g/mol. The maximum atomic E-state index is 11.6. The fraction of sp³-hybridized carbons (Fsp3) is 0.611. The highest BCUT2D eigenvalue weighted by molar-refractivity contribution is 6.15. The number of nitrogens with two attached hydrogens (primary N) is 1. The number of carbonyl (C=O) groups is 1. The van der Waals surface area contributed by atoms with Crippen molar-refractivity contribution in [1.29, 1.82) is 0 Å². The van der Waals surface area contributed by atoms with Gasteiger partial charge in [0.15, 0.2) is 12.1 Å². The van der Waals surface area contributed by atoms with Crippen molar-refractivity contribution in [1.82, 2.24) is 5.01 Å². The van der Waals surface area contributed by atoms with Gasteiger partial charge < -0.3 is 30.9 Å². The van der Waals surface area contributed by atoms with E-state index in [-0.39, 0.29) is 29.9 Å². The molecule has 29 heavy (non-hydrogen) atoms. The lowest BCUT2D eigenvalue weighted by atomic mass is 10.1. The van der Waals surface area contributed by atoms with Crippen molar-refractivity contribution >= 4 is 29.9 Å². The van der Waals surface area contributed by atoms with Gasteiger partial charge in [0.2, 0.25) is 0 Å². The van der Waals surface area contributed by atoms with Crippen LogP contribution in [-0.2, 0) is 14.2 Å². The SMILES string of the molecule is C=C/C=C1/C(N)=NC=NN1[C@H]1CCC(COC(=O)OCCC(C)C)O1.CCl.O.O. The number of nitrogens with zero attached hydrogens (tertiary/aromatic N) is 3. The van der Waals surface area contributed by atoms with Crippen LogP contribution in [0.2, 0.25) is 0 Å². The fourth-order valence-electron chi connectivity index (χ4n) is 2.46. The smallest absolute Gasteiger partial charge is 0.434 e. The highest BCUT2D eigenvalue weighted by atomic mass is 35.5. The van der Waals surface area contributed by atoms with Gasteiger partial charge in [0.05, 0.1) is 12.7 Å². The monoisotopic (exact) mass is 436 g/mol. The molecule has 0 spiro atoms. The number of allylic oxidation sites excluding steroid dienone is 2. The fourth-order valence-corrected chi connectivity index (χ4v) is 2.46. The van der Waals surface area contributed by atoms with Crippen LogP contribution in [0, 0.1) is 5.92 Å². The van der Waals surface area contributed by atoms with Gasteiger partial charge in [-0.05, 0) is 31.3 Å². The number of aliphatic imine (C=N–C) groups is 1. The molecule has 0 aromatic heterocycles. The van der Waals surface area contributed by atoms with Crippen LogP contribution < -0.4 is 5.73 Å². The van der Waals surface area contributed by atoms with E-state index in [1.807, 2.05) is 0 Å². The summed E-state index contributed by atoms with van der Waals surface area (Å²) in [6.07, 6.45) is 7.34. The summed E-state index contributed by atoms with van der Waals surface area (Å²) in [7, 11) is 0. The molecule has 0 amide bonds. The summed E-state index contributed by atoms with van der Waals surface area (Å²) in [5.41, 5.74) is 6.52. The minimum Gasteiger partial charge on any atom is -0.434 e. The summed E-state index contributed by atoms with van der Waals surface area (Å²) >= 11 is 4.64. The van der Waals surface area contributed by atoms with E-state index in [0.29, 0.717) is 24.1 Å². The molecule has 2 aliphatic heterocycles. The Labute approximate surface area is 176 Å². The van der Waals surface area contributed by atoms with Crippen LogP contribution in [0.25, 0.3) is 0 Å². The van der Waals surface area contributed by atoms with Gasteiger partial charge in [-0.2, -0.15) is 5.10 Å². The van der Waals surface area contributed by atoms with Crippen LogP contribution in [0.4, 0.5) is 4.79 Å². The van der Waals surface area contributed by atoms with Crippen LogP contribution in [-0.4, -0.2) is 66.2 Å². The summed E-state index contributed by atoms with van der Waals surface area (Å²) in [5.74, 6) is 0.831. The number of carbonyl (C=O) groups excluding carboxylic acids is 1. The number of hydrogen-bond acceptors (Lipinski definition) is 8. The standard InChI is InChI=1S/C17H26N4O4.CH3Cl.2H2O/c1-4-5-14-16(18)19-11-20-21(14)15-7-6-13(25-15)10-24-17(22)23-9-8-12(2)3;1-2;;/h4-5,11-13,15H,1,6-10H2,2-3H3,(H2,18,19,20);1H3;2*1H2/b14-5-;;;/t13?,15-;;;/m1.../s1. The molecule has 2 rings (SSSR count). The molecular formula is C18H33ClN4O6. The first-order chi connectivity index (χ1) is 13.0. The Morgan fingerprint density at radius 2 is 2.10 bits per heavy atom. The van der Waals surface area contributed by atoms with E-state index >= 15 is 0 Å². The average Bonchev–Trinajstić information content (AvgIpc) is 3.12. The van der Waals surface area contributed by atoms with Gasteiger partial charge in [-0.3, -0.25) is 0 Å². The summed E-state index contributed by atoms with van der Waals surface area (Å²) in [5, 5.41) is 5.89. The van der Waals surface area contributed by atoms with Crippen molar-refractivity contribution in [2.24, 2.45) is 21.7 Å². The Balaban J connectivity index is 0. The number of ether oxygens (including phenoxy) is 3. The number of rotatable bonds is 7. The number of hydrazone groups is 1. The Morgan fingerprint density at radius 1 is 1.41 bits per heavy atom. The molecule has 1 saturated heterocycles. The molecule has 0 aromatic carbocycles. The number of halogens is 1. The highest BCUT2D eigenvalue weighted by Crippen LogP contribution is 2.27. The Morgan fingerprint density at radius 3 is 2.72 bits per heavy atom. The van der Waals surface area contributed by atoms with E-state index in [2.05, 4.69) is 42.1 Å². The van der Waals surface area contributed by atoms with E-state index in [1.165, 1.54) is 12.7 Å². The molecule has 10 nitrogen and oxygen atoms in total. The van der Waals surface area contributed by atoms with Crippen LogP contribution in [0.15, 0.2) is 34.5 Å². The molecule has 168 valence electrons. The van der Waals surface area contributed by atoms with Crippen molar-refractivity contribution < 1.29 is 30.0 Å². The quantitative estimate of drug-likeness (QED) is 0.470. The van der Waals surface area contributed by atoms with E-state index in [4.69, 9.17) is 19.9 Å². The van der Waals surface area contributed by atoms with Gasteiger partial charge in [0.1, 0.15) is 18.6 Å². The molecule has 0 bridgehead atoms. The van der Waals surface area contributed by atoms with Crippen molar-refractivity contribution in [3.05, 3.63) is 24.4 Å². The third-order valence-corrected chi connectivity index (χ3v) is 3.82. The number of alkyl halides is 1. The molecule has 0 saturated carbocycles. The minimum absolute atomic E-state index is 0. The lowest BCUT2D eigenvalue weighted by Gasteiger charge is -2.29. The van der Waals surface area contributed by atoms with Crippen LogP contribution in [0.5, 0.6) is 0 Å². The zero-order valence-electron chi connectivity index (χ0n) is 17.1. The zero-order chi connectivity index (χ0) is 20.2. The first kappa shape index (κ1) is 29.1. The summed E-state index contributed by atoms with van der Waals surface area (Å²) in [6, 6.07) is 0. The number of amidine groups is 1. The van der Waals surface area contributed by atoms with Gasteiger partial charge in [-0.25, -0.2) is 14.8 Å². The second kappa shape index (κ2) is 15.7. The first-order valence-electron chi connectivity index (χ1n) is 8.82. The Hall–Kier alpha value is -2.14. The molecule has 1 fully saturated rings. The van der Waals surface area contributed by atoms with Gasteiger partial charge in [-0.15, -0.1) is 11.6 Å². The molecule has 6 N–H and O–H groups in total. The van der Waals surface area contributed by atoms with Gasteiger partial charge >= 0.3 is 6.16 Å². The molecule has 0 aromatic rings. The van der Waals surface area contributed by atoms with Gasteiger partial charge in [0, 0.05) is 6.38 Å². The molecule has 0 radical (unpaired) electrons. The van der Waals surface area contributed by atoms with E-state index < -0.39 is 6.16 Å². The maximum absolute atomic E-state index is 11.6. The van der Waals surface area contributed by atoms with Gasteiger partial charge in [-0.1, -0.05) is 26.5 Å². The Kier molecular flexibility index (Phi) is 15.8. The predicted octanol–water partition coefficient (Wildman–Crippen LogP) is 1.58. The van der Waals surface area contributed by atoms with Crippen molar-refractivity contribution in [3.63, 3.8) is 0 Å². The molecule has 2 aliphatic rings. The van der Waals surface area contributed by atoms with Crippen LogP contribution >= 0.6 is 11.6 Å². The molecule has 1 unspecified atom stereocenters. The normalized spacial score (nSPS) is 21.3. The number of hydrogen-bond donors (Lipinski definition) is 1.